The Kier molecular flexibility index (Phi) is 6.31. The van der Waals surface area contributed by atoms with Gasteiger partial charge in [0.2, 0.25) is 5.91 Å². The fourth-order valence-corrected chi connectivity index (χ4v) is 2.23. The van der Waals surface area contributed by atoms with Crippen molar-refractivity contribution in [3.8, 4) is 5.75 Å². The highest BCUT2D eigenvalue weighted by atomic mass is 16.5. The molecule has 1 atom stereocenters. The zero-order chi connectivity index (χ0) is 14.0. The minimum atomic E-state index is 0.113. The van der Waals surface area contributed by atoms with Gasteiger partial charge in [-0.2, -0.15) is 0 Å². The summed E-state index contributed by atoms with van der Waals surface area (Å²) in [6.07, 6.45) is 6.92. The standard InChI is InChI=1S/C15H22N2O3/c18-15(10-13-4-2-8-19-12-13)17-7-3-9-20-14-5-1-6-16-11-14/h1,5-6,11,13H,2-4,7-10,12H2,(H,17,18). The maximum absolute atomic E-state index is 11.7. The number of nitrogens with one attached hydrogen (secondary N) is 1. The SMILES string of the molecule is O=C(CC1CCCOC1)NCCCOc1cccnc1. The van der Waals surface area contributed by atoms with Gasteiger partial charge in [-0.3, -0.25) is 9.78 Å². The molecule has 110 valence electrons. The molecule has 5 heteroatoms. The first-order chi connectivity index (χ1) is 9.84. The molecule has 2 heterocycles. The molecule has 2 rings (SSSR count). The summed E-state index contributed by atoms with van der Waals surface area (Å²) in [5.74, 6) is 1.26. The molecule has 1 aromatic heterocycles. The average Bonchev–Trinajstić information content (AvgIpc) is 2.49. The highest BCUT2D eigenvalue weighted by Crippen LogP contribution is 2.16. The van der Waals surface area contributed by atoms with Crippen LogP contribution in [0.4, 0.5) is 0 Å². The molecule has 1 aliphatic rings. The maximum atomic E-state index is 11.7. The van der Waals surface area contributed by atoms with E-state index in [9.17, 15) is 4.79 Å². The van der Waals surface area contributed by atoms with Gasteiger partial charge in [-0.1, -0.05) is 0 Å². The number of rotatable bonds is 7. The van der Waals surface area contributed by atoms with Crippen LogP contribution in [0.2, 0.25) is 0 Å². The molecular weight excluding hydrogens is 256 g/mol. The normalized spacial score (nSPS) is 18.5. The summed E-state index contributed by atoms with van der Waals surface area (Å²) < 4.78 is 10.9. The van der Waals surface area contributed by atoms with Crippen LogP contribution in [-0.2, 0) is 9.53 Å². The van der Waals surface area contributed by atoms with E-state index in [4.69, 9.17) is 9.47 Å². The van der Waals surface area contributed by atoms with E-state index in [0.29, 0.717) is 25.5 Å². The average molecular weight is 278 g/mol. The van der Waals surface area contributed by atoms with E-state index >= 15 is 0 Å². The Morgan fingerprint density at radius 2 is 2.50 bits per heavy atom. The summed E-state index contributed by atoms with van der Waals surface area (Å²) in [5, 5.41) is 2.93. The predicted octanol–water partition coefficient (Wildman–Crippen LogP) is 1.78. The number of hydrogen-bond acceptors (Lipinski definition) is 4. The summed E-state index contributed by atoms with van der Waals surface area (Å²) in [7, 11) is 0. The van der Waals surface area contributed by atoms with Crippen molar-refractivity contribution in [3.05, 3.63) is 24.5 Å². The molecule has 0 radical (unpaired) electrons. The van der Waals surface area contributed by atoms with Gasteiger partial charge in [0.1, 0.15) is 5.75 Å². The lowest BCUT2D eigenvalue weighted by Crippen LogP contribution is -2.30. The lowest BCUT2D eigenvalue weighted by molar-refractivity contribution is -0.123. The van der Waals surface area contributed by atoms with E-state index in [-0.39, 0.29) is 5.91 Å². The van der Waals surface area contributed by atoms with E-state index in [1.54, 1.807) is 12.4 Å². The molecule has 1 unspecified atom stereocenters. The Hall–Kier alpha value is -1.62. The fourth-order valence-electron chi connectivity index (χ4n) is 2.23. The quantitative estimate of drug-likeness (QED) is 0.772. The molecule has 0 aliphatic carbocycles. The maximum Gasteiger partial charge on any atom is 0.220 e. The highest BCUT2D eigenvalue weighted by Gasteiger charge is 2.17. The van der Waals surface area contributed by atoms with E-state index in [1.807, 2.05) is 12.1 Å². The molecule has 0 bridgehead atoms. The van der Waals surface area contributed by atoms with Crippen LogP contribution in [0.1, 0.15) is 25.7 Å². The second-order valence-electron chi connectivity index (χ2n) is 5.03. The molecular formula is C15H22N2O3. The lowest BCUT2D eigenvalue weighted by Gasteiger charge is -2.21. The zero-order valence-corrected chi connectivity index (χ0v) is 11.7. The third-order valence-corrected chi connectivity index (χ3v) is 3.28. The number of ether oxygens (including phenoxy) is 2. The van der Waals surface area contributed by atoms with Gasteiger partial charge in [-0.25, -0.2) is 0 Å². The number of hydrogen-bond donors (Lipinski definition) is 1. The monoisotopic (exact) mass is 278 g/mol. The van der Waals surface area contributed by atoms with E-state index in [1.165, 1.54) is 0 Å². The largest absolute Gasteiger partial charge is 0.492 e. The van der Waals surface area contributed by atoms with Gasteiger partial charge in [0.25, 0.3) is 0 Å². The van der Waals surface area contributed by atoms with Gasteiger partial charge in [0.05, 0.1) is 12.8 Å². The summed E-state index contributed by atoms with van der Waals surface area (Å²) >= 11 is 0. The van der Waals surface area contributed by atoms with Gasteiger partial charge in [-0.05, 0) is 37.3 Å². The van der Waals surface area contributed by atoms with E-state index < -0.39 is 0 Å². The lowest BCUT2D eigenvalue weighted by atomic mass is 9.98. The molecule has 1 N–H and O–H groups in total. The molecule has 0 aromatic carbocycles. The van der Waals surface area contributed by atoms with E-state index in [0.717, 1.165) is 38.2 Å². The number of aromatic nitrogens is 1. The summed E-state index contributed by atoms with van der Waals surface area (Å²) in [6, 6.07) is 3.71. The van der Waals surface area contributed by atoms with Gasteiger partial charge >= 0.3 is 0 Å². The van der Waals surface area contributed by atoms with E-state index in [2.05, 4.69) is 10.3 Å². The van der Waals surface area contributed by atoms with Crippen LogP contribution in [0.3, 0.4) is 0 Å². The van der Waals surface area contributed by atoms with Crippen LogP contribution >= 0.6 is 0 Å². The minimum absolute atomic E-state index is 0.113. The summed E-state index contributed by atoms with van der Waals surface area (Å²) in [5.41, 5.74) is 0. The van der Waals surface area contributed by atoms with Crippen LogP contribution in [0.15, 0.2) is 24.5 Å². The number of pyridine rings is 1. The van der Waals surface area contributed by atoms with Gasteiger partial charge in [0, 0.05) is 32.4 Å². The first-order valence-electron chi connectivity index (χ1n) is 7.22. The predicted molar refractivity (Wildman–Crippen MR) is 75.5 cm³/mol. The molecule has 20 heavy (non-hydrogen) atoms. The van der Waals surface area contributed by atoms with Crippen molar-refractivity contribution in [3.63, 3.8) is 0 Å². The zero-order valence-electron chi connectivity index (χ0n) is 11.7. The second-order valence-corrected chi connectivity index (χ2v) is 5.03. The third kappa shape index (κ3) is 5.57. The van der Waals surface area contributed by atoms with Crippen molar-refractivity contribution >= 4 is 5.91 Å². The number of carbonyl (C=O) groups excluding carboxylic acids is 1. The summed E-state index contributed by atoms with van der Waals surface area (Å²) in [6.45, 7) is 2.78. The Balaban J connectivity index is 1.51. The highest BCUT2D eigenvalue weighted by molar-refractivity contribution is 5.76. The number of carbonyl (C=O) groups is 1. The molecule has 0 saturated carbocycles. The van der Waals surface area contributed by atoms with Crippen molar-refractivity contribution < 1.29 is 14.3 Å². The van der Waals surface area contributed by atoms with Crippen LogP contribution in [0.25, 0.3) is 0 Å². The number of nitrogens with zero attached hydrogens (tertiary/aromatic N) is 1. The molecule has 1 aromatic rings. The topological polar surface area (TPSA) is 60.5 Å². The van der Waals surface area contributed by atoms with Crippen molar-refractivity contribution in [2.45, 2.75) is 25.7 Å². The Labute approximate surface area is 119 Å². The van der Waals surface area contributed by atoms with Gasteiger partial charge in [0.15, 0.2) is 0 Å². The van der Waals surface area contributed by atoms with Gasteiger partial charge in [-0.15, -0.1) is 0 Å². The summed E-state index contributed by atoms with van der Waals surface area (Å²) in [4.78, 5) is 15.7. The van der Waals surface area contributed by atoms with Crippen LogP contribution < -0.4 is 10.1 Å². The molecule has 1 aliphatic heterocycles. The van der Waals surface area contributed by atoms with Crippen molar-refractivity contribution in [2.75, 3.05) is 26.4 Å². The van der Waals surface area contributed by atoms with Crippen molar-refractivity contribution in [2.24, 2.45) is 5.92 Å². The van der Waals surface area contributed by atoms with Crippen molar-refractivity contribution in [1.82, 2.24) is 10.3 Å². The van der Waals surface area contributed by atoms with Crippen LogP contribution in [0.5, 0.6) is 5.75 Å². The molecule has 5 nitrogen and oxygen atoms in total. The van der Waals surface area contributed by atoms with Crippen molar-refractivity contribution in [1.29, 1.82) is 0 Å². The molecule has 1 amide bonds. The van der Waals surface area contributed by atoms with Gasteiger partial charge < -0.3 is 14.8 Å². The molecule has 1 saturated heterocycles. The smallest absolute Gasteiger partial charge is 0.220 e. The van der Waals surface area contributed by atoms with Crippen LogP contribution in [-0.4, -0.2) is 37.3 Å². The third-order valence-electron chi connectivity index (χ3n) is 3.28. The minimum Gasteiger partial charge on any atom is -0.492 e. The Bertz CT molecular complexity index is 391. The Morgan fingerprint density at radius 1 is 1.55 bits per heavy atom. The molecule has 0 spiro atoms. The fraction of sp³-hybridized carbons (Fsp3) is 0.600. The first kappa shape index (κ1) is 14.8. The Morgan fingerprint density at radius 3 is 3.25 bits per heavy atom. The first-order valence-corrected chi connectivity index (χ1v) is 7.22. The van der Waals surface area contributed by atoms with Crippen LogP contribution in [0, 0.1) is 5.92 Å². The second kappa shape index (κ2) is 8.53. The molecule has 1 fully saturated rings. The number of amides is 1.